The number of nitrogens with zero attached hydrogens (tertiary/aromatic N) is 2. The Bertz CT molecular complexity index is 1270. The maximum Gasteiger partial charge on any atom is 0.338 e. The topological polar surface area (TPSA) is 89.4 Å². The predicted molar refractivity (Wildman–Crippen MR) is 109 cm³/mol. The normalized spacial score (nSPS) is 12.1. The Morgan fingerprint density at radius 1 is 0.966 bits per heavy atom. The van der Waals surface area contributed by atoms with Gasteiger partial charge in [-0.2, -0.15) is 0 Å². The summed E-state index contributed by atoms with van der Waals surface area (Å²) in [5, 5.41) is 9.84. The van der Waals surface area contributed by atoms with Crippen LogP contribution in [0.5, 0.6) is 0 Å². The molecular formula is C22H15ClN2O4. The van der Waals surface area contributed by atoms with Gasteiger partial charge in [-0.3, -0.25) is 0 Å². The van der Waals surface area contributed by atoms with Crippen molar-refractivity contribution < 1.29 is 19.4 Å². The zero-order valence-corrected chi connectivity index (χ0v) is 16.1. The van der Waals surface area contributed by atoms with Crippen LogP contribution in [0.25, 0.3) is 22.1 Å². The van der Waals surface area contributed by atoms with E-state index in [1.165, 1.54) is 6.07 Å². The number of ether oxygens (including phenoxy) is 1. The van der Waals surface area contributed by atoms with Crippen LogP contribution in [-0.4, -0.2) is 27.0 Å². The standard InChI is InChI=1S/C22H15ClN2O4/c1-12(29-22(28)13-5-2-6-14(23)11-13)15-7-3-9-17-19(15)24-18-10-4-8-16(21(26)27)20(18)25-17/h2-12H,1H3,(H,26,27). The molecular weight excluding hydrogens is 392 g/mol. The van der Waals surface area contributed by atoms with Crippen LogP contribution >= 0.6 is 11.6 Å². The number of carboxylic acids is 1. The Morgan fingerprint density at radius 3 is 2.34 bits per heavy atom. The van der Waals surface area contributed by atoms with Gasteiger partial charge in [-0.05, 0) is 43.3 Å². The van der Waals surface area contributed by atoms with Crippen LogP contribution in [0.4, 0.5) is 0 Å². The highest BCUT2D eigenvalue weighted by Gasteiger charge is 2.19. The molecule has 144 valence electrons. The molecule has 0 aliphatic heterocycles. The van der Waals surface area contributed by atoms with E-state index in [2.05, 4.69) is 9.97 Å². The number of para-hydroxylation sites is 2. The average Bonchev–Trinajstić information content (AvgIpc) is 2.71. The molecule has 0 aliphatic rings. The molecule has 6 nitrogen and oxygen atoms in total. The number of fused-ring (bicyclic) bond motifs is 2. The first-order valence-corrected chi connectivity index (χ1v) is 9.21. The molecule has 4 aromatic rings. The van der Waals surface area contributed by atoms with Crippen molar-refractivity contribution in [2.24, 2.45) is 0 Å². The number of esters is 1. The van der Waals surface area contributed by atoms with E-state index in [0.717, 1.165) is 0 Å². The molecule has 0 spiro atoms. The minimum atomic E-state index is -1.07. The number of halogens is 1. The number of hydrogen-bond donors (Lipinski definition) is 1. The van der Waals surface area contributed by atoms with Gasteiger partial charge in [-0.15, -0.1) is 0 Å². The number of aromatic carboxylic acids is 1. The van der Waals surface area contributed by atoms with E-state index < -0.39 is 18.0 Å². The van der Waals surface area contributed by atoms with Crippen molar-refractivity contribution >= 4 is 45.6 Å². The Balaban J connectivity index is 1.75. The van der Waals surface area contributed by atoms with Crippen LogP contribution in [0.15, 0.2) is 60.7 Å². The predicted octanol–water partition coefficient (Wildman–Crippen LogP) is 5.05. The highest BCUT2D eigenvalue weighted by atomic mass is 35.5. The SMILES string of the molecule is CC(OC(=O)c1cccc(Cl)c1)c1cccc2nc3c(C(=O)O)cccc3nc12. The number of aromatic nitrogens is 2. The van der Waals surface area contributed by atoms with Crippen molar-refractivity contribution in [3.8, 4) is 0 Å². The van der Waals surface area contributed by atoms with Gasteiger partial charge >= 0.3 is 11.9 Å². The number of hydrogen-bond acceptors (Lipinski definition) is 5. The van der Waals surface area contributed by atoms with Crippen molar-refractivity contribution in [2.75, 3.05) is 0 Å². The molecule has 0 amide bonds. The third-order valence-corrected chi connectivity index (χ3v) is 4.77. The molecule has 1 unspecified atom stereocenters. The summed E-state index contributed by atoms with van der Waals surface area (Å²) in [4.78, 5) is 33.0. The molecule has 1 heterocycles. The lowest BCUT2D eigenvalue weighted by Gasteiger charge is -2.16. The van der Waals surface area contributed by atoms with Crippen molar-refractivity contribution in [1.82, 2.24) is 9.97 Å². The van der Waals surface area contributed by atoms with E-state index in [1.54, 1.807) is 61.5 Å². The van der Waals surface area contributed by atoms with Gasteiger partial charge in [0.25, 0.3) is 0 Å². The Labute approximate surface area is 170 Å². The molecule has 29 heavy (non-hydrogen) atoms. The van der Waals surface area contributed by atoms with Gasteiger partial charge in [0.15, 0.2) is 0 Å². The second-order valence-electron chi connectivity index (χ2n) is 6.47. The quantitative estimate of drug-likeness (QED) is 0.376. The molecule has 0 aliphatic carbocycles. The van der Waals surface area contributed by atoms with E-state index in [-0.39, 0.29) is 5.56 Å². The molecule has 1 aromatic heterocycles. The number of carboxylic acid groups (broad SMARTS) is 1. The van der Waals surface area contributed by atoms with Gasteiger partial charge in [0.05, 0.1) is 27.7 Å². The minimum absolute atomic E-state index is 0.0859. The molecule has 0 saturated heterocycles. The number of carbonyl (C=O) groups excluding carboxylic acids is 1. The van der Waals surface area contributed by atoms with Crippen LogP contribution in [0.1, 0.15) is 39.3 Å². The van der Waals surface area contributed by atoms with E-state index in [1.807, 2.05) is 0 Å². The number of carbonyl (C=O) groups is 2. The second-order valence-corrected chi connectivity index (χ2v) is 6.91. The van der Waals surface area contributed by atoms with Gasteiger partial charge in [-0.25, -0.2) is 19.6 Å². The first-order chi connectivity index (χ1) is 13.9. The molecule has 1 atom stereocenters. The molecule has 4 rings (SSSR count). The summed E-state index contributed by atoms with van der Waals surface area (Å²) in [7, 11) is 0. The maximum atomic E-state index is 12.5. The fourth-order valence-electron chi connectivity index (χ4n) is 3.15. The van der Waals surface area contributed by atoms with Crippen LogP contribution in [0.3, 0.4) is 0 Å². The second kappa shape index (κ2) is 7.48. The maximum absolute atomic E-state index is 12.5. The van der Waals surface area contributed by atoms with Gasteiger partial charge in [0.1, 0.15) is 11.6 Å². The van der Waals surface area contributed by atoms with Crippen LogP contribution in [-0.2, 0) is 4.74 Å². The smallest absolute Gasteiger partial charge is 0.338 e. The number of benzene rings is 3. The van der Waals surface area contributed by atoms with E-state index in [4.69, 9.17) is 16.3 Å². The lowest BCUT2D eigenvalue weighted by Crippen LogP contribution is -2.10. The summed E-state index contributed by atoms with van der Waals surface area (Å²) in [6.45, 7) is 1.75. The van der Waals surface area contributed by atoms with Crippen molar-refractivity contribution in [3.63, 3.8) is 0 Å². The first kappa shape index (κ1) is 18.8. The van der Waals surface area contributed by atoms with Crippen molar-refractivity contribution in [2.45, 2.75) is 13.0 Å². The molecule has 1 N–H and O–H groups in total. The highest BCUT2D eigenvalue weighted by molar-refractivity contribution is 6.30. The minimum Gasteiger partial charge on any atom is -0.478 e. The van der Waals surface area contributed by atoms with Crippen LogP contribution in [0.2, 0.25) is 5.02 Å². The zero-order valence-electron chi connectivity index (χ0n) is 15.3. The van der Waals surface area contributed by atoms with Crippen LogP contribution in [0, 0.1) is 0 Å². The lowest BCUT2D eigenvalue weighted by atomic mass is 10.1. The highest BCUT2D eigenvalue weighted by Crippen LogP contribution is 2.28. The summed E-state index contributed by atoms with van der Waals surface area (Å²) in [5.41, 5.74) is 2.96. The van der Waals surface area contributed by atoms with Crippen molar-refractivity contribution in [3.05, 3.63) is 82.4 Å². The lowest BCUT2D eigenvalue weighted by molar-refractivity contribution is 0.0340. The zero-order chi connectivity index (χ0) is 20.5. The monoisotopic (exact) mass is 406 g/mol. The van der Waals surface area contributed by atoms with Gasteiger partial charge < -0.3 is 9.84 Å². The summed E-state index contributed by atoms with van der Waals surface area (Å²) < 4.78 is 5.60. The third-order valence-electron chi connectivity index (χ3n) is 4.54. The Kier molecular flexibility index (Phi) is 4.86. The van der Waals surface area contributed by atoms with Gasteiger partial charge in [-0.1, -0.05) is 35.9 Å². The average molecular weight is 407 g/mol. The van der Waals surface area contributed by atoms with Gasteiger partial charge in [0, 0.05) is 10.6 Å². The molecule has 0 radical (unpaired) electrons. The van der Waals surface area contributed by atoms with E-state index in [9.17, 15) is 14.7 Å². The molecule has 7 heteroatoms. The molecule has 0 bridgehead atoms. The largest absolute Gasteiger partial charge is 0.478 e. The molecule has 0 fully saturated rings. The third kappa shape index (κ3) is 3.62. The Hall–Kier alpha value is -3.51. The summed E-state index contributed by atoms with van der Waals surface area (Å²) in [5.74, 6) is -1.57. The van der Waals surface area contributed by atoms with Crippen LogP contribution < -0.4 is 0 Å². The fraction of sp³-hybridized carbons (Fsp3) is 0.0909. The van der Waals surface area contributed by atoms with Gasteiger partial charge in [0.2, 0.25) is 0 Å². The van der Waals surface area contributed by atoms with Crippen molar-refractivity contribution in [1.29, 1.82) is 0 Å². The first-order valence-electron chi connectivity index (χ1n) is 8.83. The summed E-state index contributed by atoms with van der Waals surface area (Å²) in [6, 6.07) is 16.7. The Morgan fingerprint density at radius 2 is 1.62 bits per heavy atom. The van der Waals surface area contributed by atoms with E-state index >= 15 is 0 Å². The van der Waals surface area contributed by atoms with E-state index in [0.29, 0.717) is 38.2 Å². The summed E-state index contributed by atoms with van der Waals surface area (Å²) in [6.07, 6.45) is -0.598. The number of rotatable bonds is 4. The molecule has 0 saturated carbocycles. The summed E-state index contributed by atoms with van der Waals surface area (Å²) >= 11 is 5.94. The fourth-order valence-corrected chi connectivity index (χ4v) is 3.34. The molecule has 3 aromatic carbocycles.